The number of hydrogen-bond acceptors (Lipinski definition) is 5. The first-order valence-electron chi connectivity index (χ1n) is 6.68. The van der Waals surface area contributed by atoms with Gasteiger partial charge in [-0.3, -0.25) is 4.90 Å². The Kier molecular flexibility index (Phi) is 5.60. The van der Waals surface area contributed by atoms with Gasteiger partial charge in [-0.1, -0.05) is 18.2 Å². The first kappa shape index (κ1) is 14.3. The molecule has 0 amide bonds. The molecule has 1 unspecified atom stereocenters. The highest BCUT2D eigenvalue weighted by Gasteiger charge is 2.15. The lowest BCUT2D eigenvalue weighted by molar-refractivity contribution is 0.00458. The summed E-state index contributed by atoms with van der Waals surface area (Å²) in [5.41, 5.74) is 6.60. The van der Waals surface area contributed by atoms with Crippen LogP contribution in [0.5, 0.6) is 5.75 Å². The van der Waals surface area contributed by atoms with E-state index in [1.807, 2.05) is 24.3 Å². The zero-order valence-electron chi connectivity index (χ0n) is 11.1. The van der Waals surface area contributed by atoms with Gasteiger partial charge in [-0.2, -0.15) is 0 Å². The van der Waals surface area contributed by atoms with E-state index >= 15 is 0 Å². The van der Waals surface area contributed by atoms with E-state index in [-0.39, 0.29) is 6.61 Å². The minimum atomic E-state index is -0.496. The minimum Gasteiger partial charge on any atom is -0.491 e. The molecule has 1 aromatic rings. The second-order valence-corrected chi connectivity index (χ2v) is 4.69. The molecule has 0 aliphatic carbocycles. The zero-order valence-corrected chi connectivity index (χ0v) is 11.1. The van der Waals surface area contributed by atoms with Gasteiger partial charge >= 0.3 is 0 Å². The molecule has 5 heteroatoms. The van der Waals surface area contributed by atoms with Crippen molar-refractivity contribution in [2.45, 2.75) is 12.6 Å². The molecule has 0 aromatic heterocycles. The van der Waals surface area contributed by atoms with Crippen LogP contribution in [-0.2, 0) is 11.3 Å². The molecule has 0 spiro atoms. The van der Waals surface area contributed by atoms with Crippen LogP contribution in [0.2, 0.25) is 0 Å². The van der Waals surface area contributed by atoms with Gasteiger partial charge < -0.3 is 20.3 Å². The maximum Gasteiger partial charge on any atom is 0.123 e. The lowest BCUT2D eigenvalue weighted by atomic mass is 10.2. The van der Waals surface area contributed by atoms with Crippen LogP contribution in [0.4, 0.5) is 0 Å². The van der Waals surface area contributed by atoms with E-state index in [0.29, 0.717) is 13.1 Å². The Balaban J connectivity index is 1.77. The number of nitrogens with two attached hydrogens (primary N) is 1. The number of aliphatic hydroxyl groups excluding tert-OH is 1. The number of benzene rings is 1. The Hall–Kier alpha value is -1.14. The second kappa shape index (κ2) is 7.45. The molecule has 1 fully saturated rings. The average molecular weight is 266 g/mol. The van der Waals surface area contributed by atoms with Crippen molar-refractivity contribution in [2.24, 2.45) is 5.73 Å². The highest BCUT2D eigenvalue weighted by molar-refractivity contribution is 5.32. The van der Waals surface area contributed by atoms with Crippen LogP contribution in [0.25, 0.3) is 0 Å². The molecule has 1 aliphatic rings. The van der Waals surface area contributed by atoms with Crippen molar-refractivity contribution in [3.05, 3.63) is 29.8 Å². The Bertz CT molecular complexity index is 381. The summed E-state index contributed by atoms with van der Waals surface area (Å²) in [7, 11) is 0. The molecule has 3 N–H and O–H groups in total. The van der Waals surface area contributed by atoms with Crippen molar-refractivity contribution in [3.63, 3.8) is 0 Å². The average Bonchev–Trinajstić information content (AvgIpc) is 2.46. The molecule has 1 aromatic carbocycles. The third-order valence-corrected chi connectivity index (χ3v) is 3.20. The molecule has 5 nitrogen and oxygen atoms in total. The molecule has 2 rings (SSSR count). The number of β-amino-alcohol motifs (C(OH)–C–C–N with tert-alkyl or cyclic N) is 1. The largest absolute Gasteiger partial charge is 0.491 e. The minimum absolute atomic E-state index is 0.286. The smallest absolute Gasteiger partial charge is 0.123 e. The molecular formula is C14H22N2O3. The number of aliphatic hydroxyl groups is 1. The van der Waals surface area contributed by atoms with Gasteiger partial charge in [-0.15, -0.1) is 0 Å². The first-order chi connectivity index (χ1) is 9.29. The molecule has 0 radical (unpaired) electrons. The van der Waals surface area contributed by atoms with E-state index in [1.54, 1.807) is 0 Å². The van der Waals surface area contributed by atoms with Gasteiger partial charge in [0.2, 0.25) is 0 Å². The maximum atomic E-state index is 9.99. The molecule has 1 atom stereocenters. The Morgan fingerprint density at radius 2 is 2.05 bits per heavy atom. The first-order valence-corrected chi connectivity index (χ1v) is 6.68. The van der Waals surface area contributed by atoms with E-state index < -0.39 is 6.10 Å². The Labute approximate surface area is 113 Å². The molecule has 1 aliphatic heterocycles. The zero-order chi connectivity index (χ0) is 13.5. The predicted molar refractivity (Wildman–Crippen MR) is 73.1 cm³/mol. The highest BCUT2D eigenvalue weighted by atomic mass is 16.5. The summed E-state index contributed by atoms with van der Waals surface area (Å²) in [4.78, 5) is 2.19. The fourth-order valence-electron chi connectivity index (χ4n) is 2.13. The third kappa shape index (κ3) is 4.47. The summed E-state index contributed by atoms with van der Waals surface area (Å²) in [5, 5.41) is 9.99. The van der Waals surface area contributed by atoms with Crippen LogP contribution in [0.3, 0.4) is 0 Å². The Morgan fingerprint density at radius 1 is 1.32 bits per heavy atom. The van der Waals surface area contributed by atoms with Crippen LogP contribution in [0, 0.1) is 0 Å². The lowest BCUT2D eigenvalue weighted by Gasteiger charge is -2.28. The van der Waals surface area contributed by atoms with Crippen molar-refractivity contribution in [1.82, 2.24) is 4.90 Å². The number of morpholine rings is 1. The normalized spacial score (nSPS) is 18.2. The van der Waals surface area contributed by atoms with Crippen molar-refractivity contribution < 1.29 is 14.6 Å². The quantitative estimate of drug-likeness (QED) is 0.771. The number of rotatable bonds is 6. The van der Waals surface area contributed by atoms with E-state index in [0.717, 1.165) is 37.6 Å². The number of nitrogens with zero attached hydrogens (tertiary/aromatic N) is 1. The summed E-state index contributed by atoms with van der Waals surface area (Å²) in [6, 6.07) is 7.65. The van der Waals surface area contributed by atoms with Gasteiger partial charge in [0, 0.05) is 31.7 Å². The summed E-state index contributed by atoms with van der Waals surface area (Å²) < 4.78 is 10.9. The van der Waals surface area contributed by atoms with Gasteiger partial charge in [-0.05, 0) is 6.07 Å². The van der Waals surface area contributed by atoms with Crippen LogP contribution in [0.1, 0.15) is 5.56 Å². The fourth-order valence-corrected chi connectivity index (χ4v) is 2.13. The van der Waals surface area contributed by atoms with E-state index in [2.05, 4.69) is 4.90 Å². The standard InChI is InChI=1S/C14H22N2O3/c15-9-12-3-1-2-4-14(12)19-11-13(17)10-16-5-7-18-8-6-16/h1-4,13,17H,5-11,15H2. The molecule has 1 heterocycles. The van der Waals surface area contributed by atoms with Gasteiger partial charge in [0.05, 0.1) is 13.2 Å². The topological polar surface area (TPSA) is 68.0 Å². The summed E-state index contributed by atoms with van der Waals surface area (Å²) in [6.07, 6.45) is -0.496. The SMILES string of the molecule is NCc1ccccc1OCC(O)CN1CCOCC1. The van der Waals surface area contributed by atoms with Crippen molar-refractivity contribution in [1.29, 1.82) is 0 Å². The van der Waals surface area contributed by atoms with Gasteiger partial charge in [-0.25, -0.2) is 0 Å². The highest BCUT2D eigenvalue weighted by Crippen LogP contribution is 2.17. The molecule has 19 heavy (non-hydrogen) atoms. The van der Waals surface area contributed by atoms with Gasteiger partial charge in [0.25, 0.3) is 0 Å². The Morgan fingerprint density at radius 3 is 2.79 bits per heavy atom. The maximum absolute atomic E-state index is 9.99. The number of hydrogen-bond donors (Lipinski definition) is 2. The summed E-state index contributed by atoms with van der Waals surface area (Å²) >= 11 is 0. The van der Waals surface area contributed by atoms with Crippen LogP contribution < -0.4 is 10.5 Å². The van der Waals surface area contributed by atoms with Crippen LogP contribution in [-0.4, -0.2) is 55.6 Å². The van der Waals surface area contributed by atoms with Crippen molar-refractivity contribution in [3.8, 4) is 5.75 Å². The van der Waals surface area contributed by atoms with E-state index in [1.165, 1.54) is 0 Å². The van der Waals surface area contributed by atoms with E-state index in [9.17, 15) is 5.11 Å². The van der Waals surface area contributed by atoms with E-state index in [4.69, 9.17) is 15.2 Å². The van der Waals surface area contributed by atoms with Gasteiger partial charge in [0.1, 0.15) is 18.5 Å². The van der Waals surface area contributed by atoms with Crippen LogP contribution in [0.15, 0.2) is 24.3 Å². The number of ether oxygens (including phenoxy) is 2. The summed E-state index contributed by atoms with van der Waals surface area (Å²) in [5.74, 6) is 0.756. The second-order valence-electron chi connectivity index (χ2n) is 4.69. The fraction of sp³-hybridized carbons (Fsp3) is 0.571. The lowest BCUT2D eigenvalue weighted by Crippen LogP contribution is -2.42. The molecular weight excluding hydrogens is 244 g/mol. The van der Waals surface area contributed by atoms with Crippen LogP contribution >= 0.6 is 0 Å². The predicted octanol–water partition coefficient (Wildman–Crippen LogP) is 0.217. The van der Waals surface area contributed by atoms with Gasteiger partial charge in [0.15, 0.2) is 0 Å². The molecule has 106 valence electrons. The molecule has 0 bridgehead atoms. The third-order valence-electron chi connectivity index (χ3n) is 3.20. The molecule has 0 saturated carbocycles. The summed E-state index contributed by atoms with van der Waals surface area (Å²) in [6.45, 7) is 4.57. The molecule has 1 saturated heterocycles. The van der Waals surface area contributed by atoms with Crippen molar-refractivity contribution >= 4 is 0 Å². The van der Waals surface area contributed by atoms with Crippen molar-refractivity contribution in [2.75, 3.05) is 39.5 Å². The number of para-hydroxylation sites is 1. The monoisotopic (exact) mass is 266 g/mol.